The Morgan fingerprint density at radius 3 is 2.18 bits per heavy atom. The second-order valence-corrected chi connectivity index (χ2v) is 5.34. The van der Waals surface area contributed by atoms with Crippen LogP contribution in [0.1, 0.15) is 44.7 Å². The van der Waals surface area contributed by atoms with Gasteiger partial charge in [0, 0.05) is 6.04 Å². The Morgan fingerprint density at radius 1 is 1.18 bits per heavy atom. The third kappa shape index (κ3) is 4.67. The molecule has 0 fully saturated rings. The Labute approximate surface area is 133 Å². The lowest BCUT2D eigenvalue weighted by molar-refractivity contribution is -0.139. The topological polar surface area (TPSA) is 58.2 Å². The third-order valence-corrected chi connectivity index (χ3v) is 3.85. The van der Waals surface area contributed by atoms with Crippen molar-refractivity contribution in [1.82, 2.24) is 10.6 Å². The number of ketones is 1. The maximum atomic E-state index is 12.1. The molecule has 0 radical (unpaired) electrons. The minimum Gasteiger partial charge on any atom is -0.346 e. The fourth-order valence-electron chi connectivity index (χ4n) is 2.77. The predicted molar refractivity (Wildman–Crippen MR) is 89.9 cm³/mol. The van der Waals surface area contributed by atoms with Gasteiger partial charge >= 0.3 is 0 Å². The summed E-state index contributed by atoms with van der Waals surface area (Å²) in [4.78, 5) is 24.1. The zero-order chi connectivity index (χ0) is 16.5. The molecule has 0 saturated carbocycles. The van der Waals surface area contributed by atoms with E-state index in [4.69, 9.17) is 0 Å². The van der Waals surface area contributed by atoms with Crippen molar-refractivity contribution in [2.45, 2.75) is 58.5 Å². The van der Waals surface area contributed by atoms with Gasteiger partial charge in [-0.05, 0) is 37.4 Å². The molecule has 0 aromatic heterocycles. The Kier molecular flexibility index (Phi) is 7.82. The quantitative estimate of drug-likeness (QED) is 0.793. The van der Waals surface area contributed by atoms with Crippen molar-refractivity contribution in [1.29, 1.82) is 0 Å². The monoisotopic (exact) mass is 304 g/mol. The highest BCUT2D eigenvalue weighted by atomic mass is 16.2. The molecule has 122 valence electrons. The SMILES string of the molecule is CC.CCCC(NC)C(=O)C(=O)NC1Cc2ccccc2C1. The lowest BCUT2D eigenvalue weighted by Gasteiger charge is -2.16. The summed E-state index contributed by atoms with van der Waals surface area (Å²) in [5.74, 6) is -0.819. The molecule has 1 aliphatic rings. The van der Waals surface area contributed by atoms with Crippen LogP contribution in [0.2, 0.25) is 0 Å². The van der Waals surface area contributed by atoms with E-state index in [1.807, 2.05) is 32.9 Å². The maximum Gasteiger partial charge on any atom is 0.289 e. The van der Waals surface area contributed by atoms with E-state index in [0.29, 0.717) is 6.42 Å². The van der Waals surface area contributed by atoms with Crippen molar-refractivity contribution in [2.24, 2.45) is 0 Å². The number of amides is 1. The molecule has 22 heavy (non-hydrogen) atoms. The van der Waals surface area contributed by atoms with E-state index in [1.54, 1.807) is 7.05 Å². The molecular formula is C18H28N2O2. The molecular weight excluding hydrogens is 276 g/mol. The predicted octanol–water partition coefficient (Wildman–Crippen LogP) is 2.25. The molecule has 1 aromatic carbocycles. The van der Waals surface area contributed by atoms with Crippen molar-refractivity contribution >= 4 is 11.7 Å². The molecule has 1 amide bonds. The molecule has 1 aliphatic carbocycles. The zero-order valence-corrected chi connectivity index (χ0v) is 14.1. The van der Waals surface area contributed by atoms with E-state index >= 15 is 0 Å². The fourth-order valence-corrected chi connectivity index (χ4v) is 2.77. The largest absolute Gasteiger partial charge is 0.346 e. The first-order chi connectivity index (χ1) is 10.7. The normalized spacial score (nSPS) is 14.5. The van der Waals surface area contributed by atoms with Crippen LogP contribution in [0.25, 0.3) is 0 Å². The van der Waals surface area contributed by atoms with Gasteiger partial charge in [0.2, 0.25) is 5.78 Å². The average Bonchev–Trinajstić information content (AvgIpc) is 2.96. The van der Waals surface area contributed by atoms with Crippen LogP contribution in [0.4, 0.5) is 0 Å². The molecule has 2 N–H and O–H groups in total. The van der Waals surface area contributed by atoms with Crippen LogP contribution in [0.3, 0.4) is 0 Å². The van der Waals surface area contributed by atoms with Crippen LogP contribution in [-0.4, -0.2) is 30.8 Å². The summed E-state index contributed by atoms with van der Waals surface area (Å²) in [5.41, 5.74) is 2.54. The highest BCUT2D eigenvalue weighted by Crippen LogP contribution is 2.21. The van der Waals surface area contributed by atoms with Gasteiger partial charge in [-0.1, -0.05) is 51.5 Å². The van der Waals surface area contributed by atoms with Gasteiger partial charge in [0.05, 0.1) is 6.04 Å². The van der Waals surface area contributed by atoms with Crippen LogP contribution in [0.5, 0.6) is 0 Å². The fraction of sp³-hybridized carbons (Fsp3) is 0.556. The average molecular weight is 304 g/mol. The van der Waals surface area contributed by atoms with Crippen molar-refractivity contribution in [3.63, 3.8) is 0 Å². The van der Waals surface area contributed by atoms with Gasteiger partial charge in [0.25, 0.3) is 5.91 Å². The Morgan fingerprint density at radius 2 is 1.73 bits per heavy atom. The summed E-state index contributed by atoms with van der Waals surface area (Å²) >= 11 is 0. The minimum absolute atomic E-state index is 0.0444. The van der Waals surface area contributed by atoms with Crippen LogP contribution < -0.4 is 10.6 Å². The van der Waals surface area contributed by atoms with E-state index in [2.05, 4.69) is 22.8 Å². The van der Waals surface area contributed by atoms with Crippen molar-refractivity contribution in [3.8, 4) is 0 Å². The summed E-state index contributed by atoms with van der Waals surface area (Å²) in [6.45, 7) is 6.00. The highest BCUT2D eigenvalue weighted by molar-refractivity contribution is 6.38. The number of Topliss-reactive ketones (excluding diaryl/α,β-unsaturated/α-hetero) is 1. The first-order valence-electron chi connectivity index (χ1n) is 8.24. The molecule has 4 nitrogen and oxygen atoms in total. The molecule has 1 aromatic rings. The first kappa shape index (κ1) is 18.4. The van der Waals surface area contributed by atoms with E-state index < -0.39 is 5.91 Å². The van der Waals surface area contributed by atoms with Crippen molar-refractivity contribution < 1.29 is 9.59 Å². The van der Waals surface area contributed by atoms with Gasteiger partial charge in [-0.25, -0.2) is 0 Å². The van der Waals surface area contributed by atoms with Crippen LogP contribution in [0.15, 0.2) is 24.3 Å². The van der Waals surface area contributed by atoms with Gasteiger partial charge in [-0.2, -0.15) is 0 Å². The number of carbonyl (C=O) groups excluding carboxylic acids is 2. The summed E-state index contributed by atoms with van der Waals surface area (Å²) in [6, 6.07) is 7.85. The number of benzene rings is 1. The number of hydrogen-bond acceptors (Lipinski definition) is 3. The summed E-state index contributed by atoms with van der Waals surface area (Å²) in [7, 11) is 1.72. The van der Waals surface area contributed by atoms with E-state index in [-0.39, 0.29) is 17.9 Å². The smallest absolute Gasteiger partial charge is 0.289 e. The van der Waals surface area contributed by atoms with Crippen molar-refractivity contribution in [3.05, 3.63) is 35.4 Å². The second-order valence-electron chi connectivity index (χ2n) is 5.34. The molecule has 1 unspecified atom stereocenters. The van der Waals surface area contributed by atoms with Crippen LogP contribution >= 0.6 is 0 Å². The van der Waals surface area contributed by atoms with Gasteiger partial charge in [0.1, 0.15) is 0 Å². The summed E-state index contributed by atoms with van der Waals surface area (Å²) < 4.78 is 0. The lowest BCUT2D eigenvalue weighted by atomic mass is 10.1. The van der Waals surface area contributed by atoms with Gasteiger partial charge in [0.15, 0.2) is 0 Å². The Bertz CT molecular complexity index is 475. The summed E-state index contributed by atoms with van der Waals surface area (Å²) in [5, 5.41) is 5.79. The number of carbonyl (C=O) groups is 2. The molecule has 1 atom stereocenters. The van der Waals surface area contributed by atoms with Crippen LogP contribution in [0, 0.1) is 0 Å². The Balaban J connectivity index is 0.00000116. The molecule has 0 bridgehead atoms. The number of hydrogen-bond donors (Lipinski definition) is 2. The first-order valence-corrected chi connectivity index (χ1v) is 8.24. The van der Waals surface area contributed by atoms with E-state index in [1.165, 1.54) is 11.1 Å². The molecule has 0 spiro atoms. The number of fused-ring (bicyclic) bond motifs is 1. The second kappa shape index (κ2) is 9.36. The molecule has 0 aliphatic heterocycles. The standard InChI is InChI=1S/C16H22N2O2.C2H6/c1-3-6-14(17-2)15(19)16(20)18-13-9-11-7-4-5-8-12(11)10-13;1-2/h4-5,7-8,13-14,17H,3,6,9-10H2,1-2H3,(H,18,20);1-2H3. The summed E-state index contributed by atoms with van der Waals surface area (Å²) in [6.07, 6.45) is 3.19. The van der Waals surface area contributed by atoms with Gasteiger partial charge in [-0.3, -0.25) is 9.59 Å². The molecule has 0 saturated heterocycles. The minimum atomic E-state index is -0.462. The number of rotatable bonds is 6. The third-order valence-electron chi connectivity index (χ3n) is 3.85. The molecule has 0 heterocycles. The lowest BCUT2D eigenvalue weighted by Crippen LogP contribution is -2.47. The van der Waals surface area contributed by atoms with Gasteiger partial charge in [-0.15, -0.1) is 0 Å². The molecule has 2 rings (SSSR count). The molecule has 4 heteroatoms. The van der Waals surface area contributed by atoms with Gasteiger partial charge < -0.3 is 10.6 Å². The zero-order valence-electron chi connectivity index (χ0n) is 14.1. The van der Waals surface area contributed by atoms with Crippen molar-refractivity contribution in [2.75, 3.05) is 7.05 Å². The van der Waals surface area contributed by atoms with Crippen LogP contribution in [-0.2, 0) is 22.4 Å². The number of likely N-dealkylation sites (N-methyl/N-ethyl adjacent to an activating group) is 1. The van der Waals surface area contributed by atoms with E-state index in [9.17, 15) is 9.59 Å². The maximum absolute atomic E-state index is 12.1. The number of nitrogens with one attached hydrogen (secondary N) is 2. The highest BCUT2D eigenvalue weighted by Gasteiger charge is 2.28. The van der Waals surface area contributed by atoms with E-state index in [0.717, 1.165) is 19.3 Å². The Hall–Kier alpha value is -1.68.